The fraction of sp³-hybridized carbons (Fsp3) is 0.500. The lowest BCUT2D eigenvalue weighted by molar-refractivity contribution is -0.151. The molecule has 104 valence electrons. The molecule has 0 aromatic heterocycles. The summed E-state index contributed by atoms with van der Waals surface area (Å²) >= 11 is 0. The highest BCUT2D eigenvalue weighted by molar-refractivity contribution is 5.97. The van der Waals surface area contributed by atoms with Gasteiger partial charge in [0.2, 0.25) is 0 Å². The number of benzene rings is 1. The normalized spacial score (nSPS) is 11.9. The predicted octanol–water partition coefficient (Wildman–Crippen LogP) is 3.17. The van der Waals surface area contributed by atoms with E-state index in [1.54, 1.807) is 0 Å². The maximum atomic E-state index is 11.8. The number of aryl methyl sites for hydroxylation is 1. The average molecular weight is 262 g/mol. The van der Waals surface area contributed by atoms with Gasteiger partial charge in [-0.1, -0.05) is 43.7 Å². The Hall–Kier alpha value is -1.64. The molecular formula is C16H22O3. The van der Waals surface area contributed by atoms with E-state index in [0.29, 0.717) is 19.4 Å². The van der Waals surface area contributed by atoms with E-state index in [4.69, 9.17) is 4.74 Å². The molecule has 0 heterocycles. The van der Waals surface area contributed by atoms with Gasteiger partial charge in [-0.2, -0.15) is 0 Å². The van der Waals surface area contributed by atoms with Gasteiger partial charge in [-0.25, -0.2) is 0 Å². The number of hydrogen-bond acceptors (Lipinski definition) is 3. The maximum Gasteiger partial charge on any atom is 0.316 e. The van der Waals surface area contributed by atoms with Gasteiger partial charge in [0.1, 0.15) is 11.7 Å². The highest BCUT2D eigenvalue weighted by atomic mass is 16.5. The van der Waals surface area contributed by atoms with Gasteiger partial charge in [0, 0.05) is 0 Å². The SMILES string of the molecule is CCCCOC(=O)C(CCc1ccccc1)C(C)=O. The number of unbranched alkanes of at least 4 members (excludes halogenated alkanes) is 1. The summed E-state index contributed by atoms with van der Waals surface area (Å²) in [6, 6.07) is 9.86. The molecule has 1 rings (SSSR count). The van der Waals surface area contributed by atoms with E-state index in [9.17, 15) is 9.59 Å². The van der Waals surface area contributed by atoms with Crippen LogP contribution in [0.5, 0.6) is 0 Å². The fourth-order valence-corrected chi connectivity index (χ4v) is 1.86. The van der Waals surface area contributed by atoms with Crippen LogP contribution in [0.1, 0.15) is 38.7 Å². The number of Topliss-reactive ketones (excluding diaryl/α,β-unsaturated/α-hetero) is 1. The summed E-state index contributed by atoms with van der Waals surface area (Å²) in [6.45, 7) is 3.90. The molecule has 1 atom stereocenters. The zero-order valence-electron chi connectivity index (χ0n) is 11.7. The summed E-state index contributed by atoms with van der Waals surface area (Å²) in [5, 5.41) is 0. The van der Waals surface area contributed by atoms with Crippen LogP contribution in [0.15, 0.2) is 30.3 Å². The van der Waals surface area contributed by atoms with Crippen molar-refractivity contribution in [1.82, 2.24) is 0 Å². The van der Waals surface area contributed by atoms with E-state index in [2.05, 4.69) is 0 Å². The van der Waals surface area contributed by atoms with E-state index in [1.165, 1.54) is 6.92 Å². The molecule has 0 spiro atoms. The Labute approximate surface area is 115 Å². The third-order valence-electron chi connectivity index (χ3n) is 3.08. The lowest BCUT2D eigenvalue weighted by Crippen LogP contribution is -2.25. The maximum absolute atomic E-state index is 11.8. The zero-order valence-corrected chi connectivity index (χ0v) is 11.7. The monoisotopic (exact) mass is 262 g/mol. The number of esters is 1. The van der Waals surface area contributed by atoms with Crippen LogP contribution in [0.3, 0.4) is 0 Å². The van der Waals surface area contributed by atoms with E-state index in [-0.39, 0.29) is 11.8 Å². The minimum absolute atomic E-state index is 0.113. The van der Waals surface area contributed by atoms with Gasteiger partial charge in [-0.15, -0.1) is 0 Å². The molecule has 0 N–H and O–H groups in total. The van der Waals surface area contributed by atoms with E-state index >= 15 is 0 Å². The summed E-state index contributed by atoms with van der Waals surface area (Å²) < 4.78 is 5.13. The Morgan fingerprint density at radius 1 is 1.21 bits per heavy atom. The van der Waals surface area contributed by atoms with E-state index in [0.717, 1.165) is 18.4 Å². The van der Waals surface area contributed by atoms with Crippen LogP contribution in [-0.4, -0.2) is 18.4 Å². The number of carbonyl (C=O) groups is 2. The van der Waals surface area contributed by atoms with Gasteiger partial charge in [-0.3, -0.25) is 9.59 Å². The van der Waals surface area contributed by atoms with Gasteiger partial charge < -0.3 is 4.74 Å². The first-order valence-electron chi connectivity index (χ1n) is 6.86. The molecule has 0 aliphatic carbocycles. The van der Waals surface area contributed by atoms with Gasteiger partial charge in [0.15, 0.2) is 0 Å². The summed E-state index contributed by atoms with van der Waals surface area (Å²) in [7, 11) is 0. The standard InChI is InChI=1S/C16H22O3/c1-3-4-12-19-16(18)15(13(2)17)11-10-14-8-6-5-7-9-14/h5-9,15H,3-4,10-12H2,1-2H3. The Morgan fingerprint density at radius 3 is 2.47 bits per heavy atom. The molecule has 1 unspecified atom stereocenters. The molecule has 0 aliphatic heterocycles. The van der Waals surface area contributed by atoms with E-state index < -0.39 is 5.92 Å². The minimum atomic E-state index is -0.628. The van der Waals surface area contributed by atoms with Crippen LogP contribution in [0.4, 0.5) is 0 Å². The highest BCUT2D eigenvalue weighted by Gasteiger charge is 2.24. The van der Waals surface area contributed by atoms with Gasteiger partial charge >= 0.3 is 5.97 Å². The smallest absolute Gasteiger partial charge is 0.316 e. The molecule has 3 heteroatoms. The molecular weight excluding hydrogens is 240 g/mol. The van der Waals surface area contributed by atoms with Crippen LogP contribution in [0, 0.1) is 5.92 Å². The Bertz CT molecular complexity index is 398. The van der Waals surface area contributed by atoms with Crippen LogP contribution >= 0.6 is 0 Å². The van der Waals surface area contributed by atoms with Gasteiger partial charge in [0.05, 0.1) is 6.61 Å². The number of hydrogen-bond donors (Lipinski definition) is 0. The summed E-state index contributed by atoms with van der Waals surface area (Å²) in [5.41, 5.74) is 1.13. The summed E-state index contributed by atoms with van der Waals surface area (Å²) in [6.07, 6.45) is 3.05. The van der Waals surface area contributed by atoms with Crippen molar-refractivity contribution in [3.8, 4) is 0 Å². The average Bonchev–Trinajstić information content (AvgIpc) is 2.40. The van der Waals surface area contributed by atoms with Crippen molar-refractivity contribution in [3.63, 3.8) is 0 Å². The lowest BCUT2D eigenvalue weighted by Gasteiger charge is -2.13. The molecule has 1 aromatic carbocycles. The number of carbonyl (C=O) groups excluding carboxylic acids is 2. The topological polar surface area (TPSA) is 43.4 Å². The molecule has 3 nitrogen and oxygen atoms in total. The second-order valence-corrected chi connectivity index (χ2v) is 4.71. The van der Waals surface area contributed by atoms with Crippen molar-refractivity contribution in [2.45, 2.75) is 39.5 Å². The fourth-order valence-electron chi connectivity index (χ4n) is 1.86. The Kier molecular flexibility index (Phi) is 6.86. The second kappa shape index (κ2) is 8.46. The highest BCUT2D eigenvalue weighted by Crippen LogP contribution is 2.13. The Balaban J connectivity index is 2.48. The summed E-state index contributed by atoms with van der Waals surface area (Å²) in [4.78, 5) is 23.4. The molecule has 1 aromatic rings. The predicted molar refractivity (Wildman–Crippen MR) is 74.8 cm³/mol. The molecule has 0 saturated carbocycles. The van der Waals surface area contributed by atoms with Crippen LogP contribution < -0.4 is 0 Å². The van der Waals surface area contributed by atoms with E-state index in [1.807, 2.05) is 37.3 Å². The van der Waals surface area contributed by atoms with Crippen molar-refractivity contribution in [1.29, 1.82) is 0 Å². The minimum Gasteiger partial charge on any atom is -0.465 e. The Morgan fingerprint density at radius 2 is 1.89 bits per heavy atom. The molecule has 0 bridgehead atoms. The summed E-state index contributed by atoms with van der Waals surface area (Å²) in [5.74, 6) is -1.12. The molecule has 0 amide bonds. The molecule has 19 heavy (non-hydrogen) atoms. The molecule has 0 fully saturated rings. The number of ketones is 1. The van der Waals surface area contributed by atoms with Crippen molar-refractivity contribution >= 4 is 11.8 Å². The molecule has 0 aliphatic rings. The quantitative estimate of drug-likeness (QED) is 0.410. The number of rotatable bonds is 8. The van der Waals surface area contributed by atoms with Crippen LogP contribution in [0.25, 0.3) is 0 Å². The number of ether oxygens (including phenoxy) is 1. The van der Waals surface area contributed by atoms with Crippen molar-refractivity contribution < 1.29 is 14.3 Å². The lowest BCUT2D eigenvalue weighted by atomic mass is 9.96. The van der Waals surface area contributed by atoms with Crippen molar-refractivity contribution in [3.05, 3.63) is 35.9 Å². The third kappa shape index (κ3) is 5.69. The van der Waals surface area contributed by atoms with Gasteiger partial charge in [-0.05, 0) is 31.7 Å². The van der Waals surface area contributed by atoms with Crippen LogP contribution in [0.2, 0.25) is 0 Å². The largest absolute Gasteiger partial charge is 0.465 e. The zero-order chi connectivity index (χ0) is 14.1. The first kappa shape index (κ1) is 15.4. The molecule has 0 saturated heterocycles. The van der Waals surface area contributed by atoms with Gasteiger partial charge in [0.25, 0.3) is 0 Å². The molecule has 0 radical (unpaired) electrons. The third-order valence-corrected chi connectivity index (χ3v) is 3.08. The van der Waals surface area contributed by atoms with Crippen molar-refractivity contribution in [2.75, 3.05) is 6.61 Å². The first-order chi connectivity index (χ1) is 9.15. The van der Waals surface area contributed by atoms with Crippen molar-refractivity contribution in [2.24, 2.45) is 5.92 Å². The second-order valence-electron chi connectivity index (χ2n) is 4.71. The van der Waals surface area contributed by atoms with Crippen LogP contribution in [-0.2, 0) is 20.7 Å². The first-order valence-corrected chi connectivity index (χ1v) is 6.86.